The molecule has 0 radical (unpaired) electrons. The summed E-state index contributed by atoms with van der Waals surface area (Å²) < 4.78 is 0. The summed E-state index contributed by atoms with van der Waals surface area (Å²) in [5.41, 5.74) is 5.93. The number of nitrogens with zero attached hydrogens (tertiary/aromatic N) is 3. The molecular formula is C15H28IN5S. The van der Waals surface area contributed by atoms with E-state index >= 15 is 0 Å². The predicted molar refractivity (Wildman–Crippen MR) is 106 cm³/mol. The molecular weight excluding hydrogens is 409 g/mol. The lowest BCUT2D eigenvalue weighted by molar-refractivity contribution is 0.122. The van der Waals surface area contributed by atoms with Gasteiger partial charge in [0.05, 0.1) is 6.54 Å². The Hall–Kier alpha value is -0.380. The maximum atomic E-state index is 5.93. The summed E-state index contributed by atoms with van der Waals surface area (Å²) in [5.74, 6) is 0.563. The Kier molecular flexibility index (Phi) is 9.30. The van der Waals surface area contributed by atoms with Crippen molar-refractivity contribution in [3.05, 3.63) is 22.4 Å². The van der Waals surface area contributed by atoms with Crippen LogP contribution in [0.25, 0.3) is 0 Å². The van der Waals surface area contributed by atoms with Crippen LogP contribution in [0, 0.1) is 0 Å². The number of hydrogen-bond acceptors (Lipinski definition) is 4. The van der Waals surface area contributed by atoms with Crippen LogP contribution in [-0.4, -0.2) is 68.1 Å². The molecule has 5 nitrogen and oxygen atoms in total. The fourth-order valence-electron chi connectivity index (χ4n) is 2.43. The van der Waals surface area contributed by atoms with Gasteiger partial charge in [0, 0.05) is 43.6 Å². The van der Waals surface area contributed by atoms with Crippen LogP contribution < -0.4 is 11.1 Å². The van der Waals surface area contributed by atoms with Crippen LogP contribution in [0.4, 0.5) is 0 Å². The zero-order valence-electron chi connectivity index (χ0n) is 13.5. The standard InChI is InChI=1S/C15H27N5S.HI/c1-13(20-9-7-19(2)8-10-20)12-18-15(16)17-6-5-14-4-3-11-21-14;/h3-4,11,13H,5-10,12H2,1-2H3,(H3,16,17,18);1H. The number of rotatable bonds is 6. The number of hydrogen-bond donors (Lipinski definition) is 2. The molecule has 1 saturated heterocycles. The topological polar surface area (TPSA) is 56.9 Å². The second-order valence-electron chi connectivity index (χ2n) is 5.67. The highest BCUT2D eigenvalue weighted by atomic mass is 127. The number of likely N-dealkylation sites (N-methyl/N-ethyl adjacent to an activating group) is 1. The van der Waals surface area contributed by atoms with Gasteiger partial charge in [0.2, 0.25) is 0 Å². The van der Waals surface area contributed by atoms with Crippen molar-refractivity contribution < 1.29 is 0 Å². The van der Waals surface area contributed by atoms with Crippen molar-refractivity contribution in [1.29, 1.82) is 0 Å². The number of guanidine groups is 1. The van der Waals surface area contributed by atoms with Crippen LogP contribution in [0.3, 0.4) is 0 Å². The Bertz CT molecular complexity index is 429. The molecule has 2 heterocycles. The number of halogens is 1. The van der Waals surface area contributed by atoms with E-state index < -0.39 is 0 Å². The molecule has 1 aromatic rings. The summed E-state index contributed by atoms with van der Waals surface area (Å²) in [4.78, 5) is 10.7. The van der Waals surface area contributed by atoms with Crippen LogP contribution in [-0.2, 0) is 6.42 Å². The summed E-state index contributed by atoms with van der Waals surface area (Å²) >= 11 is 1.78. The van der Waals surface area contributed by atoms with E-state index in [-0.39, 0.29) is 24.0 Å². The lowest BCUT2D eigenvalue weighted by Gasteiger charge is -2.35. The van der Waals surface area contributed by atoms with Gasteiger partial charge in [0.1, 0.15) is 0 Å². The minimum absolute atomic E-state index is 0. The molecule has 1 unspecified atom stereocenters. The van der Waals surface area contributed by atoms with Crippen LogP contribution in [0.2, 0.25) is 0 Å². The van der Waals surface area contributed by atoms with E-state index in [4.69, 9.17) is 5.73 Å². The highest BCUT2D eigenvalue weighted by molar-refractivity contribution is 14.0. The van der Waals surface area contributed by atoms with E-state index in [0.717, 1.165) is 45.7 Å². The Morgan fingerprint density at radius 2 is 2.14 bits per heavy atom. The molecule has 1 aliphatic rings. The second-order valence-corrected chi connectivity index (χ2v) is 6.70. The molecule has 0 amide bonds. The van der Waals surface area contributed by atoms with Gasteiger partial charge in [-0.1, -0.05) is 6.07 Å². The quantitative estimate of drug-likeness (QED) is 0.402. The number of nitrogens with one attached hydrogen (secondary N) is 1. The van der Waals surface area contributed by atoms with E-state index in [1.165, 1.54) is 4.88 Å². The Balaban J connectivity index is 0.00000242. The fraction of sp³-hybridized carbons (Fsp3) is 0.667. The third-order valence-corrected chi connectivity index (χ3v) is 4.88. The summed E-state index contributed by atoms with van der Waals surface area (Å²) in [6.07, 6.45) is 1.00. The Morgan fingerprint density at radius 1 is 1.41 bits per heavy atom. The van der Waals surface area contributed by atoms with Crippen molar-refractivity contribution in [2.24, 2.45) is 10.7 Å². The average Bonchev–Trinajstić information content (AvgIpc) is 2.99. The van der Waals surface area contributed by atoms with Crippen LogP contribution >= 0.6 is 35.3 Å². The smallest absolute Gasteiger partial charge is 0.188 e. The van der Waals surface area contributed by atoms with Crippen LogP contribution in [0.1, 0.15) is 11.8 Å². The molecule has 3 N–H and O–H groups in total. The van der Waals surface area contributed by atoms with E-state index in [1.54, 1.807) is 11.3 Å². The first-order valence-electron chi connectivity index (χ1n) is 7.64. The second kappa shape index (κ2) is 10.4. The molecule has 1 aliphatic heterocycles. The lowest BCUT2D eigenvalue weighted by Crippen LogP contribution is -2.49. The summed E-state index contributed by atoms with van der Waals surface area (Å²) in [7, 11) is 2.18. The van der Waals surface area contributed by atoms with Gasteiger partial charge in [-0.3, -0.25) is 9.89 Å². The third-order valence-electron chi connectivity index (χ3n) is 3.94. The van der Waals surface area contributed by atoms with E-state index in [2.05, 4.69) is 51.6 Å². The zero-order valence-corrected chi connectivity index (χ0v) is 16.6. The van der Waals surface area contributed by atoms with Gasteiger partial charge >= 0.3 is 0 Å². The van der Waals surface area contributed by atoms with E-state index in [1.807, 2.05) is 0 Å². The van der Waals surface area contributed by atoms with Crippen molar-refractivity contribution >= 4 is 41.3 Å². The predicted octanol–water partition coefficient (Wildman–Crippen LogP) is 1.45. The largest absolute Gasteiger partial charge is 0.370 e. The number of nitrogens with two attached hydrogens (primary N) is 1. The van der Waals surface area contributed by atoms with Gasteiger partial charge in [-0.2, -0.15) is 0 Å². The molecule has 1 atom stereocenters. The van der Waals surface area contributed by atoms with Crippen molar-refractivity contribution in [2.45, 2.75) is 19.4 Å². The van der Waals surface area contributed by atoms with Crippen molar-refractivity contribution in [1.82, 2.24) is 15.1 Å². The molecule has 0 saturated carbocycles. The highest BCUT2D eigenvalue weighted by Gasteiger charge is 2.18. The minimum atomic E-state index is 0. The molecule has 2 rings (SSSR count). The Labute approximate surface area is 155 Å². The maximum Gasteiger partial charge on any atom is 0.188 e. The van der Waals surface area contributed by atoms with Gasteiger partial charge < -0.3 is 16.0 Å². The molecule has 0 bridgehead atoms. The lowest BCUT2D eigenvalue weighted by atomic mass is 10.2. The monoisotopic (exact) mass is 437 g/mol. The van der Waals surface area contributed by atoms with E-state index in [9.17, 15) is 0 Å². The molecule has 126 valence electrons. The molecule has 1 aromatic heterocycles. The minimum Gasteiger partial charge on any atom is -0.370 e. The summed E-state index contributed by atoms with van der Waals surface area (Å²) in [5, 5.41) is 5.30. The Morgan fingerprint density at radius 3 is 2.77 bits per heavy atom. The fourth-order valence-corrected chi connectivity index (χ4v) is 3.14. The first-order valence-corrected chi connectivity index (χ1v) is 8.52. The van der Waals surface area contributed by atoms with Gasteiger partial charge in [-0.25, -0.2) is 0 Å². The van der Waals surface area contributed by atoms with Gasteiger partial charge in [0.25, 0.3) is 0 Å². The van der Waals surface area contributed by atoms with Crippen molar-refractivity contribution in [3.8, 4) is 0 Å². The molecule has 7 heteroatoms. The highest BCUT2D eigenvalue weighted by Crippen LogP contribution is 2.08. The molecule has 0 aromatic carbocycles. The van der Waals surface area contributed by atoms with Gasteiger partial charge in [0.15, 0.2) is 5.96 Å². The summed E-state index contributed by atoms with van der Waals surface area (Å²) in [6, 6.07) is 4.68. The normalized spacial score (nSPS) is 18.7. The van der Waals surface area contributed by atoms with Gasteiger partial charge in [-0.15, -0.1) is 35.3 Å². The molecule has 0 aliphatic carbocycles. The van der Waals surface area contributed by atoms with Gasteiger partial charge in [-0.05, 0) is 31.8 Å². The first kappa shape index (κ1) is 19.7. The van der Waals surface area contributed by atoms with Crippen LogP contribution in [0.5, 0.6) is 0 Å². The van der Waals surface area contributed by atoms with Crippen LogP contribution in [0.15, 0.2) is 22.5 Å². The van der Waals surface area contributed by atoms with Crippen molar-refractivity contribution in [3.63, 3.8) is 0 Å². The SMILES string of the molecule is CC(CN=C(N)NCCc1cccs1)N1CCN(C)CC1.I. The molecule has 0 spiro atoms. The van der Waals surface area contributed by atoms with E-state index in [0.29, 0.717) is 12.0 Å². The molecule has 22 heavy (non-hydrogen) atoms. The third kappa shape index (κ3) is 6.80. The number of aliphatic imine (C=N–C) groups is 1. The summed E-state index contributed by atoms with van der Waals surface area (Å²) in [6.45, 7) is 8.37. The first-order chi connectivity index (χ1) is 10.1. The zero-order chi connectivity index (χ0) is 15.1. The number of thiophene rings is 1. The molecule has 1 fully saturated rings. The van der Waals surface area contributed by atoms with Crippen molar-refractivity contribution in [2.75, 3.05) is 46.3 Å². The maximum absolute atomic E-state index is 5.93. The number of piperazine rings is 1. The average molecular weight is 437 g/mol.